The second-order valence-corrected chi connectivity index (χ2v) is 6.71. The molecule has 0 aliphatic heterocycles. The second kappa shape index (κ2) is 6.97. The van der Waals surface area contributed by atoms with Crippen molar-refractivity contribution in [1.29, 1.82) is 0 Å². The number of rotatable bonds is 7. The van der Waals surface area contributed by atoms with Crippen LogP contribution in [0.25, 0.3) is 11.0 Å². The first-order valence-corrected chi connectivity index (χ1v) is 7.75. The highest BCUT2D eigenvalue weighted by Crippen LogP contribution is 2.23. The molecule has 0 saturated carbocycles. The van der Waals surface area contributed by atoms with Gasteiger partial charge in [0.1, 0.15) is 5.58 Å². The molecule has 1 aromatic heterocycles. The maximum Gasteiger partial charge on any atom is 0.224 e. The smallest absolute Gasteiger partial charge is 0.224 e. The van der Waals surface area contributed by atoms with E-state index in [-0.39, 0.29) is 17.9 Å². The molecule has 1 aromatic carbocycles. The zero-order chi connectivity index (χ0) is 16.2. The van der Waals surface area contributed by atoms with Crippen LogP contribution in [-0.4, -0.2) is 24.2 Å². The lowest BCUT2D eigenvalue weighted by atomic mass is 9.89. The molecule has 0 fully saturated rings. The predicted molar refractivity (Wildman–Crippen MR) is 87.8 cm³/mol. The Labute approximate surface area is 131 Å². The molecule has 0 unspecified atom stereocenters. The zero-order valence-corrected chi connectivity index (χ0v) is 13.6. The molecule has 120 valence electrons. The summed E-state index contributed by atoms with van der Waals surface area (Å²) in [4.78, 5) is 12.0. The molecule has 0 bridgehead atoms. The van der Waals surface area contributed by atoms with Crippen LogP contribution >= 0.6 is 0 Å². The molecule has 0 atom stereocenters. The normalized spacial score (nSPS) is 11.8. The van der Waals surface area contributed by atoms with Crippen molar-refractivity contribution in [2.75, 3.05) is 13.2 Å². The summed E-state index contributed by atoms with van der Waals surface area (Å²) in [6.07, 6.45) is 3.75. The van der Waals surface area contributed by atoms with Crippen LogP contribution in [0.5, 0.6) is 0 Å². The van der Waals surface area contributed by atoms with Crippen molar-refractivity contribution >= 4 is 16.9 Å². The molecule has 4 heteroatoms. The minimum absolute atomic E-state index is 0.00470. The van der Waals surface area contributed by atoms with Crippen LogP contribution in [-0.2, 0) is 11.2 Å². The van der Waals surface area contributed by atoms with Crippen LogP contribution in [0.2, 0.25) is 0 Å². The van der Waals surface area contributed by atoms with Crippen LogP contribution in [0, 0.1) is 12.3 Å². The third kappa shape index (κ3) is 4.34. The fourth-order valence-electron chi connectivity index (χ4n) is 2.44. The van der Waals surface area contributed by atoms with E-state index in [1.54, 1.807) is 6.26 Å². The molecule has 2 N–H and O–H groups in total. The highest BCUT2D eigenvalue weighted by atomic mass is 16.3. The summed E-state index contributed by atoms with van der Waals surface area (Å²) < 4.78 is 5.51. The van der Waals surface area contributed by atoms with Crippen LogP contribution in [0.4, 0.5) is 0 Å². The first-order valence-electron chi connectivity index (χ1n) is 7.75. The van der Waals surface area contributed by atoms with Gasteiger partial charge in [-0.25, -0.2) is 0 Å². The van der Waals surface area contributed by atoms with Crippen molar-refractivity contribution in [3.63, 3.8) is 0 Å². The van der Waals surface area contributed by atoms with Crippen molar-refractivity contribution in [2.24, 2.45) is 5.41 Å². The van der Waals surface area contributed by atoms with Gasteiger partial charge in [0.05, 0.1) is 12.7 Å². The monoisotopic (exact) mass is 303 g/mol. The molecular formula is C18H25NO3. The number of aliphatic hydroxyl groups is 1. The Kier molecular flexibility index (Phi) is 5.24. The van der Waals surface area contributed by atoms with E-state index in [0.29, 0.717) is 13.0 Å². The highest BCUT2D eigenvalue weighted by molar-refractivity contribution is 5.87. The minimum atomic E-state index is -0.0800. The lowest BCUT2D eigenvalue weighted by Crippen LogP contribution is -2.27. The molecule has 2 aromatic rings. The molecule has 0 radical (unpaired) electrons. The molecule has 1 heterocycles. The van der Waals surface area contributed by atoms with Gasteiger partial charge in [-0.2, -0.15) is 0 Å². The van der Waals surface area contributed by atoms with E-state index in [1.165, 1.54) is 0 Å². The molecule has 4 nitrogen and oxygen atoms in total. The molecule has 2 rings (SSSR count). The van der Waals surface area contributed by atoms with E-state index in [1.807, 2.05) is 39.0 Å². The summed E-state index contributed by atoms with van der Waals surface area (Å²) in [5.41, 5.74) is 2.81. The van der Waals surface area contributed by atoms with E-state index in [4.69, 9.17) is 4.42 Å². The van der Waals surface area contributed by atoms with Crippen molar-refractivity contribution in [3.8, 4) is 0 Å². The Morgan fingerprint density at radius 2 is 2.14 bits per heavy atom. The molecule has 22 heavy (non-hydrogen) atoms. The van der Waals surface area contributed by atoms with Crippen LogP contribution in [0.3, 0.4) is 0 Å². The fourth-order valence-corrected chi connectivity index (χ4v) is 2.44. The summed E-state index contributed by atoms with van der Waals surface area (Å²) in [5, 5.41) is 13.1. The molecule has 1 amide bonds. The number of nitrogens with one attached hydrogen (secondary N) is 1. The molecular weight excluding hydrogens is 278 g/mol. The van der Waals surface area contributed by atoms with Gasteiger partial charge in [0.25, 0.3) is 0 Å². The van der Waals surface area contributed by atoms with Gasteiger partial charge >= 0.3 is 0 Å². The third-order valence-electron chi connectivity index (χ3n) is 3.94. The van der Waals surface area contributed by atoms with Crippen LogP contribution in [0.1, 0.15) is 37.8 Å². The lowest BCUT2D eigenvalue weighted by molar-refractivity contribution is -0.120. The van der Waals surface area contributed by atoms with Gasteiger partial charge < -0.3 is 14.8 Å². The second-order valence-electron chi connectivity index (χ2n) is 6.71. The van der Waals surface area contributed by atoms with Crippen molar-refractivity contribution in [3.05, 3.63) is 35.6 Å². The summed E-state index contributed by atoms with van der Waals surface area (Å²) in [7, 11) is 0. The Balaban J connectivity index is 1.84. The number of fused-ring (bicyclic) bond motifs is 1. The first-order chi connectivity index (χ1) is 10.4. The van der Waals surface area contributed by atoms with Gasteiger partial charge in [-0.1, -0.05) is 26.0 Å². The van der Waals surface area contributed by atoms with E-state index >= 15 is 0 Å². The summed E-state index contributed by atoms with van der Waals surface area (Å²) in [6, 6.07) is 6.00. The zero-order valence-electron chi connectivity index (χ0n) is 13.6. The van der Waals surface area contributed by atoms with Crippen LogP contribution in [0.15, 0.2) is 28.9 Å². The number of hydrogen-bond acceptors (Lipinski definition) is 3. The largest absolute Gasteiger partial charge is 0.464 e. The number of carbonyl (C=O) groups is 1. The number of aryl methyl sites for hydroxylation is 1. The maximum atomic E-state index is 12.0. The summed E-state index contributed by atoms with van der Waals surface area (Å²) in [6.45, 7) is 6.86. The van der Waals surface area contributed by atoms with Crippen molar-refractivity contribution in [2.45, 2.75) is 40.0 Å². The Morgan fingerprint density at radius 1 is 1.36 bits per heavy atom. The maximum absolute atomic E-state index is 12.0. The Bertz CT molecular complexity index is 643. The van der Waals surface area contributed by atoms with Gasteiger partial charge in [-0.15, -0.1) is 0 Å². The molecule has 0 aliphatic rings. The highest BCUT2D eigenvalue weighted by Gasteiger charge is 2.16. The van der Waals surface area contributed by atoms with Gasteiger partial charge in [0.15, 0.2) is 0 Å². The molecule has 0 aliphatic carbocycles. The SMILES string of the molecule is Cc1ccc2c(CC(=O)NCCCC(C)(C)CO)coc2c1. The van der Waals surface area contributed by atoms with Crippen molar-refractivity contribution in [1.82, 2.24) is 5.32 Å². The number of carbonyl (C=O) groups excluding carboxylic acids is 1. The average molecular weight is 303 g/mol. The van der Waals surface area contributed by atoms with Gasteiger partial charge in [-0.05, 0) is 36.8 Å². The predicted octanol–water partition coefficient (Wildman–Crippen LogP) is 3.20. The average Bonchev–Trinajstić information content (AvgIpc) is 2.86. The molecule has 0 saturated heterocycles. The first kappa shape index (κ1) is 16.6. The summed E-state index contributed by atoms with van der Waals surface area (Å²) >= 11 is 0. The quantitative estimate of drug-likeness (QED) is 0.772. The standard InChI is InChI=1S/C18H25NO3/c1-13-5-6-15-14(11-22-16(15)9-13)10-17(21)19-8-4-7-18(2,3)12-20/h5-6,9,11,20H,4,7-8,10,12H2,1-3H3,(H,19,21). The Morgan fingerprint density at radius 3 is 2.86 bits per heavy atom. The van der Waals surface area contributed by atoms with Crippen LogP contribution < -0.4 is 5.32 Å². The number of hydrogen-bond donors (Lipinski definition) is 2. The number of furan rings is 1. The number of benzene rings is 1. The topological polar surface area (TPSA) is 62.5 Å². The lowest BCUT2D eigenvalue weighted by Gasteiger charge is -2.21. The Hall–Kier alpha value is -1.81. The van der Waals surface area contributed by atoms with Gasteiger partial charge in [-0.3, -0.25) is 4.79 Å². The van der Waals surface area contributed by atoms with E-state index in [0.717, 1.165) is 34.9 Å². The fraction of sp³-hybridized carbons (Fsp3) is 0.500. The van der Waals surface area contributed by atoms with Gasteiger partial charge in [0.2, 0.25) is 5.91 Å². The van der Waals surface area contributed by atoms with E-state index < -0.39 is 0 Å². The summed E-state index contributed by atoms with van der Waals surface area (Å²) in [5.74, 6) is 0.00470. The number of aliphatic hydroxyl groups excluding tert-OH is 1. The number of amides is 1. The molecule has 0 spiro atoms. The van der Waals surface area contributed by atoms with Gasteiger partial charge in [0, 0.05) is 24.1 Å². The van der Waals surface area contributed by atoms with E-state index in [9.17, 15) is 9.90 Å². The minimum Gasteiger partial charge on any atom is -0.464 e. The van der Waals surface area contributed by atoms with E-state index in [2.05, 4.69) is 5.32 Å². The van der Waals surface area contributed by atoms with Crippen molar-refractivity contribution < 1.29 is 14.3 Å². The third-order valence-corrected chi connectivity index (χ3v) is 3.94.